The number of benzene rings is 7. The van der Waals surface area contributed by atoms with Gasteiger partial charge in [-0.25, -0.2) is 9.97 Å². The molecule has 10 rings (SSSR count). The van der Waals surface area contributed by atoms with Crippen molar-refractivity contribution in [1.82, 2.24) is 15.0 Å². The van der Waals surface area contributed by atoms with E-state index in [1.165, 1.54) is 36.9 Å². The van der Waals surface area contributed by atoms with Crippen molar-refractivity contribution in [3.05, 3.63) is 200 Å². The maximum Gasteiger partial charge on any atom is 0.160 e. The second-order valence-electron chi connectivity index (χ2n) is 13.6. The lowest BCUT2D eigenvalue weighted by molar-refractivity contribution is 1.18. The second-order valence-corrected chi connectivity index (χ2v) is 14.7. The molecule has 3 heterocycles. The summed E-state index contributed by atoms with van der Waals surface area (Å²) < 4.78 is 2.59. The Morgan fingerprint density at radius 1 is 0.327 bits per heavy atom. The molecular formula is C51H33N3S. The van der Waals surface area contributed by atoms with Crippen molar-refractivity contribution in [1.29, 1.82) is 0 Å². The maximum absolute atomic E-state index is 5.31. The van der Waals surface area contributed by atoms with E-state index in [-0.39, 0.29) is 0 Å². The summed E-state index contributed by atoms with van der Waals surface area (Å²) in [6, 6.07) is 66.7. The fraction of sp³-hybridized carbons (Fsp3) is 0. The number of fused-ring (bicyclic) bond motifs is 3. The molecule has 3 aromatic heterocycles. The topological polar surface area (TPSA) is 38.7 Å². The van der Waals surface area contributed by atoms with E-state index in [1.54, 1.807) is 0 Å². The third-order valence-corrected chi connectivity index (χ3v) is 11.3. The van der Waals surface area contributed by atoms with Crippen LogP contribution in [-0.4, -0.2) is 15.0 Å². The van der Waals surface area contributed by atoms with E-state index in [4.69, 9.17) is 9.97 Å². The molecule has 0 amide bonds. The van der Waals surface area contributed by atoms with Crippen molar-refractivity contribution in [3.8, 4) is 78.4 Å². The van der Waals surface area contributed by atoms with Gasteiger partial charge in [0.1, 0.15) is 0 Å². The fourth-order valence-electron chi connectivity index (χ4n) is 7.54. The van der Waals surface area contributed by atoms with Gasteiger partial charge in [0.15, 0.2) is 5.82 Å². The van der Waals surface area contributed by atoms with Crippen LogP contribution in [0.5, 0.6) is 0 Å². The molecular weight excluding hydrogens is 687 g/mol. The first-order valence-corrected chi connectivity index (χ1v) is 19.2. The minimum absolute atomic E-state index is 0.678. The predicted octanol–water partition coefficient (Wildman–Crippen LogP) is 13.9. The van der Waals surface area contributed by atoms with E-state index >= 15 is 0 Å². The molecule has 0 spiro atoms. The molecule has 7 aromatic carbocycles. The highest BCUT2D eigenvalue weighted by atomic mass is 32.1. The molecule has 0 radical (unpaired) electrons. The molecule has 0 saturated heterocycles. The highest BCUT2D eigenvalue weighted by Gasteiger charge is 2.17. The van der Waals surface area contributed by atoms with Crippen molar-refractivity contribution < 1.29 is 0 Å². The predicted molar refractivity (Wildman–Crippen MR) is 231 cm³/mol. The minimum Gasteiger partial charge on any atom is -0.264 e. The summed E-state index contributed by atoms with van der Waals surface area (Å²) in [7, 11) is 0. The molecule has 0 bridgehead atoms. The average molecular weight is 720 g/mol. The summed E-state index contributed by atoms with van der Waals surface area (Å²) in [6.45, 7) is 0. The Kier molecular flexibility index (Phi) is 8.36. The normalized spacial score (nSPS) is 11.3. The SMILES string of the molecule is c1ccc(-c2nc(-c3cc(-c4ccc5sc6ccccc6c5c4)cc(-c4ccccc4-c4ccccc4)c3)cc(-c3ccccc3-c3cccnc3)n2)cc1. The summed E-state index contributed by atoms with van der Waals surface area (Å²) in [5.74, 6) is 0.678. The molecule has 55 heavy (non-hydrogen) atoms. The zero-order valence-corrected chi connectivity index (χ0v) is 30.6. The molecule has 10 aromatic rings. The number of nitrogens with zero attached hydrogens (tertiary/aromatic N) is 3. The maximum atomic E-state index is 5.31. The van der Waals surface area contributed by atoms with Gasteiger partial charge >= 0.3 is 0 Å². The van der Waals surface area contributed by atoms with E-state index in [0.29, 0.717) is 5.82 Å². The van der Waals surface area contributed by atoms with Gasteiger partial charge in [0.2, 0.25) is 0 Å². The van der Waals surface area contributed by atoms with Gasteiger partial charge in [0.25, 0.3) is 0 Å². The Labute approximate surface area is 323 Å². The molecule has 0 atom stereocenters. The van der Waals surface area contributed by atoms with E-state index in [9.17, 15) is 0 Å². The summed E-state index contributed by atoms with van der Waals surface area (Å²) in [5, 5.41) is 2.56. The van der Waals surface area contributed by atoms with Crippen LogP contribution >= 0.6 is 11.3 Å². The number of pyridine rings is 1. The van der Waals surface area contributed by atoms with Crippen molar-refractivity contribution in [3.63, 3.8) is 0 Å². The average Bonchev–Trinajstić information content (AvgIpc) is 3.65. The highest BCUT2D eigenvalue weighted by molar-refractivity contribution is 7.25. The highest BCUT2D eigenvalue weighted by Crippen LogP contribution is 2.41. The van der Waals surface area contributed by atoms with Crippen LogP contribution in [0.15, 0.2) is 200 Å². The van der Waals surface area contributed by atoms with Crippen molar-refractivity contribution >= 4 is 31.5 Å². The summed E-state index contributed by atoms with van der Waals surface area (Å²) in [4.78, 5) is 15.0. The van der Waals surface area contributed by atoms with E-state index < -0.39 is 0 Å². The van der Waals surface area contributed by atoms with Crippen LogP contribution in [0.4, 0.5) is 0 Å². The number of hydrogen-bond acceptors (Lipinski definition) is 4. The van der Waals surface area contributed by atoms with E-state index in [0.717, 1.165) is 55.9 Å². The molecule has 3 nitrogen and oxygen atoms in total. The first-order chi connectivity index (χ1) is 27.2. The number of rotatable bonds is 7. The Balaban J connectivity index is 1.22. The lowest BCUT2D eigenvalue weighted by atomic mass is 9.90. The molecule has 0 aliphatic rings. The van der Waals surface area contributed by atoms with Crippen LogP contribution < -0.4 is 0 Å². The number of thiophene rings is 1. The first-order valence-electron chi connectivity index (χ1n) is 18.4. The van der Waals surface area contributed by atoms with Crippen LogP contribution in [0.3, 0.4) is 0 Å². The Morgan fingerprint density at radius 2 is 0.909 bits per heavy atom. The standard InChI is InChI=1S/C51H33N3S/c1-3-14-34(15-4-1)41-19-7-8-21-43(41)39-28-38(36-25-26-50-46(31-36)45-23-11-12-24-49(45)55-50)29-40(30-39)47-32-48(54-51(53-47)35-16-5-2-6-17-35)44-22-10-9-20-42(44)37-18-13-27-52-33-37/h1-33H. The van der Waals surface area contributed by atoms with E-state index in [1.807, 2.05) is 48.0 Å². The van der Waals surface area contributed by atoms with Gasteiger partial charge in [-0.05, 0) is 87.5 Å². The Morgan fingerprint density at radius 3 is 1.67 bits per heavy atom. The molecule has 0 aliphatic heterocycles. The van der Waals surface area contributed by atoms with Crippen molar-refractivity contribution in [2.45, 2.75) is 0 Å². The fourth-order valence-corrected chi connectivity index (χ4v) is 8.62. The largest absolute Gasteiger partial charge is 0.264 e. The summed E-state index contributed by atoms with van der Waals surface area (Å²) in [6.07, 6.45) is 3.72. The van der Waals surface area contributed by atoms with Gasteiger partial charge < -0.3 is 0 Å². The lowest BCUT2D eigenvalue weighted by Crippen LogP contribution is -1.98. The summed E-state index contributed by atoms with van der Waals surface area (Å²) >= 11 is 1.84. The molecule has 258 valence electrons. The molecule has 0 aliphatic carbocycles. The molecule has 0 fully saturated rings. The third kappa shape index (κ3) is 6.29. The van der Waals surface area contributed by atoms with Crippen LogP contribution in [0.2, 0.25) is 0 Å². The molecule has 4 heteroatoms. The second kappa shape index (κ2) is 14.1. The van der Waals surface area contributed by atoms with Crippen molar-refractivity contribution in [2.75, 3.05) is 0 Å². The van der Waals surface area contributed by atoms with Crippen molar-refractivity contribution in [2.24, 2.45) is 0 Å². The number of hydrogen-bond donors (Lipinski definition) is 0. The number of aromatic nitrogens is 3. The molecule has 0 unspecified atom stereocenters. The van der Waals surface area contributed by atoms with Gasteiger partial charge in [0, 0.05) is 54.8 Å². The monoisotopic (exact) mass is 719 g/mol. The molecule has 0 N–H and O–H groups in total. The quantitative estimate of drug-likeness (QED) is 0.165. The minimum atomic E-state index is 0.678. The zero-order chi connectivity index (χ0) is 36.6. The smallest absolute Gasteiger partial charge is 0.160 e. The van der Waals surface area contributed by atoms with Crippen LogP contribution in [0.25, 0.3) is 98.6 Å². The summed E-state index contributed by atoms with van der Waals surface area (Å²) in [5.41, 5.74) is 13.8. The van der Waals surface area contributed by atoms with Crippen LogP contribution in [-0.2, 0) is 0 Å². The Hall–Kier alpha value is -7.01. The van der Waals surface area contributed by atoms with Gasteiger partial charge in [-0.15, -0.1) is 11.3 Å². The lowest BCUT2D eigenvalue weighted by Gasteiger charge is -2.16. The van der Waals surface area contributed by atoms with Gasteiger partial charge in [-0.1, -0.05) is 140 Å². The van der Waals surface area contributed by atoms with Gasteiger partial charge in [-0.3, -0.25) is 4.98 Å². The van der Waals surface area contributed by atoms with Crippen LogP contribution in [0, 0.1) is 0 Å². The Bertz CT molecular complexity index is 2970. The van der Waals surface area contributed by atoms with Gasteiger partial charge in [0.05, 0.1) is 11.4 Å². The van der Waals surface area contributed by atoms with Gasteiger partial charge in [-0.2, -0.15) is 0 Å². The third-order valence-electron chi connectivity index (χ3n) is 10.2. The first kappa shape index (κ1) is 32.6. The zero-order valence-electron chi connectivity index (χ0n) is 29.8. The molecule has 0 saturated carbocycles. The van der Waals surface area contributed by atoms with Crippen LogP contribution in [0.1, 0.15) is 0 Å². The van der Waals surface area contributed by atoms with E-state index in [2.05, 4.69) is 169 Å².